The third kappa shape index (κ3) is 26.0. The normalized spacial score (nSPS) is 12.9. The van der Waals surface area contributed by atoms with Crippen LogP contribution in [-0.2, 0) is 14.3 Å². The predicted octanol–water partition coefficient (Wildman–Crippen LogP) is 9.78. The third-order valence-corrected chi connectivity index (χ3v) is 8.16. The highest BCUT2D eigenvalue weighted by Crippen LogP contribution is 2.16. The molecule has 0 rings (SSSR count). The van der Waals surface area contributed by atoms with Gasteiger partial charge in [0.05, 0.1) is 6.61 Å². The second kappa shape index (κ2) is 31.0. The number of unbranched alkanes of at least 4 members (excludes halogenated alkanes) is 24. The lowest BCUT2D eigenvalue weighted by Gasteiger charge is -2.20. The summed E-state index contributed by atoms with van der Waals surface area (Å²) in [6, 6.07) is 0. The van der Waals surface area contributed by atoms with Gasteiger partial charge in [-0.1, -0.05) is 168 Å². The van der Waals surface area contributed by atoms with E-state index in [1.54, 1.807) is 0 Å². The summed E-state index contributed by atoms with van der Waals surface area (Å²) in [5.74, 6) is -0.773. The van der Waals surface area contributed by atoms with Gasteiger partial charge in [-0.05, 0) is 12.8 Å². The SMILES string of the molecule is CCCCCCCCCCCCCCCCCC(=O)O[C@@H](CO)[C@H](O)C(=O)CCCCCCCCCCCCC. The van der Waals surface area contributed by atoms with E-state index >= 15 is 0 Å². The Morgan fingerprint density at radius 1 is 0.500 bits per heavy atom. The van der Waals surface area contributed by atoms with Crippen LogP contribution >= 0.6 is 0 Å². The maximum atomic E-state index is 12.3. The molecule has 238 valence electrons. The van der Waals surface area contributed by atoms with E-state index in [9.17, 15) is 19.8 Å². The van der Waals surface area contributed by atoms with E-state index in [4.69, 9.17) is 4.74 Å². The number of rotatable bonds is 32. The molecule has 0 unspecified atom stereocenters. The van der Waals surface area contributed by atoms with Crippen LogP contribution in [0, 0.1) is 0 Å². The molecule has 0 bridgehead atoms. The molecule has 0 heterocycles. The molecule has 5 nitrogen and oxygen atoms in total. The number of hydrogen-bond donors (Lipinski definition) is 2. The van der Waals surface area contributed by atoms with Crippen molar-refractivity contribution in [2.75, 3.05) is 6.61 Å². The Kier molecular flexibility index (Phi) is 30.3. The first-order valence-electron chi connectivity index (χ1n) is 17.6. The minimum atomic E-state index is -1.43. The lowest BCUT2D eigenvalue weighted by molar-refractivity contribution is -0.161. The average molecular weight is 569 g/mol. The van der Waals surface area contributed by atoms with Crippen LogP contribution in [0.1, 0.15) is 194 Å². The van der Waals surface area contributed by atoms with Gasteiger partial charge in [0, 0.05) is 12.8 Å². The molecule has 0 saturated carbocycles. The Hall–Kier alpha value is -0.940. The molecule has 0 aromatic carbocycles. The first-order valence-corrected chi connectivity index (χ1v) is 17.6. The number of carbonyl (C=O) groups is 2. The van der Waals surface area contributed by atoms with E-state index in [0.717, 1.165) is 38.5 Å². The van der Waals surface area contributed by atoms with Gasteiger partial charge in [-0.15, -0.1) is 0 Å². The molecule has 0 saturated heterocycles. The van der Waals surface area contributed by atoms with Crippen LogP contribution in [0.5, 0.6) is 0 Å². The molecule has 0 amide bonds. The van der Waals surface area contributed by atoms with Gasteiger partial charge in [-0.3, -0.25) is 9.59 Å². The summed E-state index contributed by atoms with van der Waals surface area (Å²) in [4.78, 5) is 24.5. The zero-order valence-corrected chi connectivity index (χ0v) is 26.8. The van der Waals surface area contributed by atoms with Crippen LogP contribution in [0.2, 0.25) is 0 Å². The van der Waals surface area contributed by atoms with Gasteiger partial charge in [0.2, 0.25) is 0 Å². The lowest BCUT2D eigenvalue weighted by Crippen LogP contribution is -2.40. The monoisotopic (exact) mass is 569 g/mol. The zero-order chi connectivity index (χ0) is 29.5. The maximum absolute atomic E-state index is 12.3. The van der Waals surface area contributed by atoms with Crippen LogP contribution < -0.4 is 0 Å². The minimum Gasteiger partial charge on any atom is -0.457 e. The summed E-state index contributed by atoms with van der Waals surface area (Å²) < 4.78 is 5.25. The molecule has 0 spiro atoms. The van der Waals surface area contributed by atoms with Gasteiger partial charge in [0.15, 0.2) is 18.0 Å². The second-order valence-electron chi connectivity index (χ2n) is 12.1. The predicted molar refractivity (Wildman–Crippen MR) is 169 cm³/mol. The minimum absolute atomic E-state index is 0.269. The van der Waals surface area contributed by atoms with Crippen LogP contribution in [0.25, 0.3) is 0 Å². The van der Waals surface area contributed by atoms with Crippen LogP contribution in [0.15, 0.2) is 0 Å². The molecule has 40 heavy (non-hydrogen) atoms. The Bertz CT molecular complexity index is 550. The van der Waals surface area contributed by atoms with E-state index in [1.807, 2.05) is 0 Å². The summed E-state index contributed by atoms with van der Waals surface area (Å²) in [7, 11) is 0. The van der Waals surface area contributed by atoms with Crippen molar-refractivity contribution in [3.8, 4) is 0 Å². The van der Waals surface area contributed by atoms with Crippen molar-refractivity contribution in [3.63, 3.8) is 0 Å². The summed E-state index contributed by atoms with van der Waals surface area (Å²) in [5.41, 5.74) is 0. The molecule has 0 aliphatic carbocycles. The van der Waals surface area contributed by atoms with Crippen molar-refractivity contribution < 1.29 is 24.5 Å². The van der Waals surface area contributed by atoms with E-state index in [1.165, 1.54) is 128 Å². The van der Waals surface area contributed by atoms with Crippen LogP contribution in [0.3, 0.4) is 0 Å². The number of ketones is 1. The molecule has 0 aromatic heterocycles. The third-order valence-electron chi connectivity index (χ3n) is 8.16. The number of carbonyl (C=O) groups excluding carboxylic acids is 2. The Morgan fingerprint density at radius 2 is 0.800 bits per heavy atom. The molecule has 2 atom stereocenters. The first-order chi connectivity index (χ1) is 19.6. The summed E-state index contributed by atoms with van der Waals surface area (Å²) in [5, 5.41) is 19.9. The van der Waals surface area contributed by atoms with Gasteiger partial charge in [-0.2, -0.15) is 0 Å². The van der Waals surface area contributed by atoms with E-state index in [0.29, 0.717) is 0 Å². The molecule has 2 N–H and O–H groups in total. The molecular formula is C35H68O5. The van der Waals surface area contributed by atoms with Crippen molar-refractivity contribution >= 4 is 11.8 Å². The molecule has 0 aliphatic heterocycles. The maximum Gasteiger partial charge on any atom is 0.306 e. The Balaban J connectivity index is 3.67. The van der Waals surface area contributed by atoms with E-state index < -0.39 is 24.8 Å². The first kappa shape index (κ1) is 39.1. The number of esters is 1. The number of ether oxygens (including phenoxy) is 1. The van der Waals surface area contributed by atoms with Crippen molar-refractivity contribution in [3.05, 3.63) is 0 Å². The molecular weight excluding hydrogens is 500 g/mol. The topological polar surface area (TPSA) is 83.8 Å². The van der Waals surface area contributed by atoms with Gasteiger partial charge in [0.25, 0.3) is 0 Å². The molecule has 0 radical (unpaired) electrons. The van der Waals surface area contributed by atoms with Crippen molar-refractivity contribution in [1.82, 2.24) is 0 Å². The Morgan fingerprint density at radius 3 is 1.12 bits per heavy atom. The highest BCUT2D eigenvalue weighted by molar-refractivity contribution is 5.83. The lowest BCUT2D eigenvalue weighted by atomic mass is 10.0. The van der Waals surface area contributed by atoms with Gasteiger partial charge in [-0.25, -0.2) is 0 Å². The van der Waals surface area contributed by atoms with Gasteiger partial charge in [0.1, 0.15) is 0 Å². The zero-order valence-electron chi connectivity index (χ0n) is 26.8. The highest BCUT2D eigenvalue weighted by atomic mass is 16.6. The Labute approximate surface area is 248 Å². The van der Waals surface area contributed by atoms with Crippen molar-refractivity contribution in [2.45, 2.75) is 206 Å². The number of hydrogen-bond acceptors (Lipinski definition) is 5. The summed E-state index contributed by atoms with van der Waals surface area (Å²) >= 11 is 0. The fourth-order valence-electron chi connectivity index (χ4n) is 5.39. The van der Waals surface area contributed by atoms with E-state index in [2.05, 4.69) is 13.8 Å². The quantitative estimate of drug-likeness (QED) is 0.0623. The summed E-state index contributed by atoms with van der Waals surface area (Å²) in [6.45, 7) is 3.97. The number of aliphatic hydroxyl groups is 2. The fraction of sp³-hybridized carbons (Fsp3) is 0.943. The van der Waals surface area contributed by atoms with Crippen LogP contribution in [0.4, 0.5) is 0 Å². The molecule has 0 fully saturated rings. The summed E-state index contributed by atoms with van der Waals surface area (Å²) in [6.07, 6.45) is 30.2. The largest absolute Gasteiger partial charge is 0.457 e. The number of aliphatic hydroxyl groups excluding tert-OH is 2. The molecule has 0 aliphatic rings. The standard InChI is InChI=1S/C35H68O5/c1-3-5-7-9-11-13-15-16-17-18-20-22-24-26-28-30-34(38)40-33(31-36)35(39)32(37)29-27-25-23-21-19-14-12-10-8-6-4-2/h33,35-36,39H,3-31H2,1-2H3/t33-,35+/m0/s1. The van der Waals surface area contributed by atoms with Crippen molar-refractivity contribution in [1.29, 1.82) is 0 Å². The fourth-order valence-corrected chi connectivity index (χ4v) is 5.39. The second-order valence-corrected chi connectivity index (χ2v) is 12.1. The van der Waals surface area contributed by atoms with E-state index in [-0.39, 0.29) is 18.6 Å². The molecule has 5 heteroatoms. The van der Waals surface area contributed by atoms with Gasteiger partial charge < -0.3 is 14.9 Å². The smallest absolute Gasteiger partial charge is 0.306 e. The van der Waals surface area contributed by atoms with Gasteiger partial charge >= 0.3 is 5.97 Å². The van der Waals surface area contributed by atoms with Crippen LogP contribution in [-0.4, -0.2) is 40.8 Å². The number of Topliss-reactive ketones (excluding diaryl/α,β-unsaturated/α-hetero) is 1. The molecule has 0 aromatic rings. The average Bonchev–Trinajstić information content (AvgIpc) is 2.96. The highest BCUT2D eigenvalue weighted by Gasteiger charge is 2.28. The van der Waals surface area contributed by atoms with Crippen molar-refractivity contribution in [2.24, 2.45) is 0 Å².